The molecule has 0 atom stereocenters. The molecule has 3 aromatic rings. The number of benzene rings is 3. The number of carboxylic acid groups (broad SMARTS) is 1. The van der Waals surface area contributed by atoms with Crippen molar-refractivity contribution in [3.8, 4) is 5.75 Å². The van der Waals surface area contributed by atoms with Crippen LogP contribution in [0.1, 0.15) is 31.8 Å². The third kappa shape index (κ3) is 5.85. The molecule has 5 nitrogen and oxygen atoms in total. The van der Waals surface area contributed by atoms with Gasteiger partial charge in [-0.1, -0.05) is 34.1 Å². The number of nitrogens with one attached hydrogen (secondary N) is 1. The smallest absolute Gasteiger partial charge is 0.416 e. The number of alkyl halides is 3. The van der Waals surface area contributed by atoms with Crippen LogP contribution in [-0.2, 0) is 12.8 Å². The molecule has 3 aromatic carbocycles. The van der Waals surface area contributed by atoms with Crippen molar-refractivity contribution in [2.75, 3.05) is 5.32 Å². The molecule has 0 aliphatic heterocycles. The summed E-state index contributed by atoms with van der Waals surface area (Å²) in [6, 6.07) is 15.2. The first-order valence-corrected chi connectivity index (χ1v) is 9.66. The Kier molecular flexibility index (Phi) is 6.65. The van der Waals surface area contributed by atoms with Crippen LogP contribution in [-0.4, -0.2) is 17.0 Å². The Bertz CT molecular complexity index is 1130. The molecule has 160 valence electrons. The second-order valence-corrected chi connectivity index (χ2v) is 7.38. The van der Waals surface area contributed by atoms with E-state index in [2.05, 4.69) is 21.2 Å². The fourth-order valence-electron chi connectivity index (χ4n) is 2.73. The highest BCUT2D eigenvalue weighted by atomic mass is 79.9. The lowest BCUT2D eigenvalue weighted by molar-refractivity contribution is -0.137. The van der Waals surface area contributed by atoms with Crippen LogP contribution < -0.4 is 10.1 Å². The average Bonchev–Trinajstić information content (AvgIpc) is 2.73. The molecule has 9 heteroatoms. The summed E-state index contributed by atoms with van der Waals surface area (Å²) in [6.07, 6.45) is -4.45. The fraction of sp³-hybridized carbons (Fsp3) is 0.0909. The van der Waals surface area contributed by atoms with E-state index < -0.39 is 23.6 Å². The molecule has 0 saturated carbocycles. The summed E-state index contributed by atoms with van der Waals surface area (Å²) in [5, 5.41) is 11.8. The van der Waals surface area contributed by atoms with Gasteiger partial charge in [-0.3, -0.25) is 4.79 Å². The fourth-order valence-corrected chi connectivity index (χ4v) is 3.09. The second kappa shape index (κ2) is 9.22. The van der Waals surface area contributed by atoms with E-state index in [4.69, 9.17) is 4.74 Å². The Morgan fingerprint density at radius 3 is 2.45 bits per heavy atom. The highest BCUT2D eigenvalue weighted by molar-refractivity contribution is 9.10. The molecule has 0 unspecified atom stereocenters. The molecule has 0 bridgehead atoms. The van der Waals surface area contributed by atoms with E-state index in [0.29, 0.717) is 10.0 Å². The van der Waals surface area contributed by atoms with Crippen LogP contribution in [0.2, 0.25) is 0 Å². The first-order valence-electron chi connectivity index (χ1n) is 8.86. The van der Waals surface area contributed by atoms with Gasteiger partial charge in [0.2, 0.25) is 0 Å². The van der Waals surface area contributed by atoms with E-state index in [0.717, 1.165) is 12.1 Å². The van der Waals surface area contributed by atoms with Crippen LogP contribution in [0.5, 0.6) is 5.75 Å². The molecule has 0 aromatic heterocycles. The van der Waals surface area contributed by atoms with E-state index in [1.807, 2.05) is 0 Å². The van der Waals surface area contributed by atoms with E-state index in [1.165, 1.54) is 36.4 Å². The van der Waals surface area contributed by atoms with Crippen molar-refractivity contribution in [1.29, 1.82) is 0 Å². The van der Waals surface area contributed by atoms with Gasteiger partial charge in [0.05, 0.1) is 16.8 Å². The zero-order valence-corrected chi connectivity index (χ0v) is 17.3. The number of carbonyl (C=O) groups is 2. The summed E-state index contributed by atoms with van der Waals surface area (Å²) in [7, 11) is 0. The van der Waals surface area contributed by atoms with Crippen molar-refractivity contribution in [1.82, 2.24) is 0 Å². The minimum Gasteiger partial charge on any atom is -0.489 e. The number of halogens is 4. The average molecular weight is 494 g/mol. The Hall–Kier alpha value is -3.33. The molecule has 0 aliphatic rings. The Labute approximate surface area is 183 Å². The van der Waals surface area contributed by atoms with Crippen molar-refractivity contribution in [2.24, 2.45) is 0 Å². The minimum atomic E-state index is -4.45. The predicted octanol–water partition coefficient (Wildman–Crippen LogP) is 6.00. The van der Waals surface area contributed by atoms with Crippen LogP contribution in [0, 0.1) is 0 Å². The summed E-state index contributed by atoms with van der Waals surface area (Å²) >= 11 is 3.18. The van der Waals surface area contributed by atoms with E-state index in [9.17, 15) is 27.9 Å². The number of hydrogen-bond acceptors (Lipinski definition) is 3. The van der Waals surface area contributed by atoms with Crippen LogP contribution in [0.4, 0.5) is 18.9 Å². The van der Waals surface area contributed by atoms with Gasteiger partial charge in [-0.15, -0.1) is 0 Å². The standard InChI is InChI=1S/C22H15BrF3NO4/c23-16-7-8-19(18(11-16)21(29)30)27-20(28)14-4-2-6-17(10-14)31-12-13-3-1-5-15(9-13)22(24,25)26/h1-11H,12H2,(H,27,28)(H,29,30). The summed E-state index contributed by atoms with van der Waals surface area (Å²) in [5.74, 6) is -1.48. The van der Waals surface area contributed by atoms with E-state index >= 15 is 0 Å². The van der Waals surface area contributed by atoms with Gasteiger partial charge in [0, 0.05) is 10.0 Å². The molecule has 31 heavy (non-hydrogen) atoms. The number of carbonyl (C=O) groups excluding carboxylic acids is 1. The molecular formula is C22H15BrF3NO4. The van der Waals surface area contributed by atoms with Crippen LogP contribution >= 0.6 is 15.9 Å². The van der Waals surface area contributed by atoms with Crippen molar-refractivity contribution in [2.45, 2.75) is 12.8 Å². The normalized spacial score (nSPS) is 11.1. The van der Waals surface area contributed by atoms with Crippen molar-refractivity contribution < 1.29 is 32.6 Å². The van der Waals surface area contributed by atoms with Gasteiger partial charge < -0.3 is 15.2 Å². The second-order valence-electron chi connectivity index (χ2n) is 6.46. The van der Waals surface area contributed by atoms with Crippen molar-refractivity contribution in [3.05, 3.63) is 93.5 Å². The maximum atomic E-state index is 12.8. The minimum absolute atomic E-state index is 0.0836. The summed E-state index contributed by atoms with van der Waals surface area (Å²) in [5.41, 5.74) is -0.215. The first kappa shape index (κ1) is 22.4. The predicted molar refractivity (Wildman–Crippen MR) is 111 cm³/mol. The van der Waals surface area contributed by atoms with Crippen LogP contribution in [0.15, 0.2) is 71.2 Å². The van der Waals surface area contributed by atoms with Gasteiger partial charge in [-0.2, -0.15) is 13.2 Å². The number of anilines is 1. The third-order valence-electron chi connectivity index (χ3n) is 4.22. The summed E-state index contributed by atoms with van der Waals surface area (Å²) < 4.78 is 44.6. The molecular weight excluding hydrogens is 479 g/mol. The van der Waals surface area contributed by atoms with Crippen molar-refractivity contribution >= 4 is 33.5 Å². The molecule has 0 heterocycles. The Morgan fingerprint density at radius 2 is 1.74 bits per heavy atom. The zero-order valence-electron chi connectivity index (χ0n) is 15.7. The number of carboxylic acids is 1. The van der Waals surface area contributed by atoms with Crippen molar-refractivity contribution in [3.63, 3.8) is 0 Å². The topological polar surface area (TPSA) is 75.6 Å². The molecule has 0 aliphatic carbocycles. The number of hydrogen-bond donors (Lipinski definition) is 2. The largest absolute Gasteiger partial charge is 0.489 e. The molecule has 2 N–H and O–H groups in total. The highest BCUT2D eigenvalue weighted by Crippen LogP contribution is 2.30. The molecule has 1 amide bonds. The number of amides is 1. The SMILES string of the molecule is O=C(Nc1ccc(Br)cc1C(=O)O)c1cccc(OCc2cccc(C(F)(F)F)c2)c1. The van der Waals surface area contributed by atoms with Crippen LogP contribution in [0.25, 0.3) is 0 Å². The Morgan fingerprint density at radius 1 is 1.00 bits per heavy atom. The third-order valence-corrected chi connectivity index (χ3v) is 4.71. The molecule has 0 fully saturated rings. The molecule has 3 rings (SSSR count). The lowest BCUT2D eigenvalue weighted by Crippen LogP contribution is -2.15. The number of ether oxygens (including phenoxy) is 1. The van der Waals surface area contributed by atoms with Gasteiger partial charge >= 0.3 is 12.1 Å². The van der Waals surface area contributed by atoms with Gasteiger partial charge in [0.1, 0.15) is 12.4 Å². The summed E-state index contributed by atoms with van der Waals surface area (Å²) in [4.78, 5) is 23.9. The number of rotatable bonds is 6. The van der Waals surface area contributed by atoms with Gasteiger partial charge in [-0.05, 0) is 54.1 Å². The quantitative estimate of drug-likeness (QED) is 0.441. The Balaban J connectivity index is 1.72. The molecule has 0 saturated heterocycles. The van der Waals surface area contributed by atoms with Gasteiger partial charge in [0.25, 0.3) is 5.91 Å². The number of aromatic carboxylic acids is 1. The maximum absolute atomic E-state index is 12.8. The summed E-state index contributed by atoms with van der Waals surface area (Å²) in [6.45, 7) is -0.120. The molecule has 0 spiro atoms. The monoisotopic (exact) mass is 493 g/mol. The van der Waals surface area contributed by atoms with E-state index in [-0.39, 0.29) is 29.2 Å². The lowest BCUT2D eigenvalue weighted by atomic mass is 10.1. The molecule has 0 radical (unpaired) electrons. The van der Waals surface area contributed by atoms with E-state index in [1.54, 1.807) is 18.2 Å². The lowest BCUT2D eigenvalue weighted by Gasteiger charge is -2.12. The first-order chi connectivity index (χ1) is 14.6. The van der Waals surface area contributed by atoms with Gasteiger partial charge in [0.15, 0.2) is 0 Å². The van der Waals surface area contributed by atoms with Crippen LogP contribution in [0.3, 0.4) is 0 Å². The zero-order chi connectivity index (χ0) is 22.6. The highest BCUT2D eigenvalue weighted by Gasteiger charge is 2.30. The van der Waals surface area contributed by atoms with Gasteiger partial charge in [-0.25, -0.2) is 4.79 Å². The maximum Gasteiger partial charge on any atom is 0.416 e.